The number of nitrogens with zero attached hydrogens (tertiary/aromatic N) is 3. The van der Waals surface area contributed by atoms with Gasteiger partial charge in [0, 0.05) is 16.0 Å². The summed E-state index contributed by atoms with van der Waals surface area (Å²) in [5.74, 6) is 0.278. The van der Waals surface area contributed by atoms with Crippen molar-refractivity contribution in [2.75, 3.05) is 14.1 Å². The van der Waals surface area contributed by atoms with Gasteiger partial charge in [-0.05, 0) is 90.7 Å². The average molecular weight is 480 g/mol. The molecular formula is C28H37N3O2S. The van der Waals surface area contributed by atoms with Crippen molar-refractivity contribution in [3.63, 3.8) is 0 Å². The van der Waals surface area contributed by atoms with E-state index in [0.717, 1.165) is 30.5 Å². The first-order valence-corrected chi connectivity index (χ1v) is 13.3. The fourth-order valence-electron chi connectivity index (χ4n) is 4.54. The van der Waals surface area contributed by atoms with Crippen molar-refractivity contribution in [2.24, 2.45) is 8.94 Å². The summed E-state index contributed by atoms with van der Waals surface area (Å²) in [7, 11) is 2.68. The Bertz CT molecular complexity index is 1070. The number of hydrogen-bond donors (Lipinski definition) is 0. The summed E-state index contributed by atoms with van der Waals surface area (Å²) in [5.41, 5.74) is 7.28. The molecule has 1 unspecified atom stereocenters. The standard InChI is InChI=1S/C28H37N3O2S/c1-19(2)25-15-23(22-9-7-8-10-22)16-26(20(3)4)27(25)17-28(32)29-34(30-33)24-13-11-21(12-14-24)18-31(5)6/h9,11-16,19-20H,7-8,10,17-18H2,1-6H3. The van der Waals surface area contributed by atoms with Crippen molar-refractivity contribution in [3.8, 4) is 0 Å². The van der Waals surface area contributed by atoms with Crippen molar-refractivity contribution in [1.82, 2.24) is 4.90 Å². The first-order valence-electron chi connectivity index (χ1n) is 12.1. The van der Waals surface area contributed by atoms with Gasteiger partial charge >= 0.3 is 0 Å². The molecule has 0 spiro atoms. The van der Waals surface area contributed by atoms with E-state index in [4.69, 9.17) is 0 Å². The third-order valence-electron chi connectivity index (χ3n) is 6.19. The maximum absolute atomic E-state index is 13.1. The maximum atomic E-state index is 13.1. The summed E-state index contributed by atoms with van der Waals surface area (Å²) in [6.07, 6.45) is 6.00. The molecule has 0 heterocycles. The first-order chi connectivity index (χ1) is 16.2. The molecule has 182 valence electrons. The van der Waals surface area contributed by atoms with Gasteiger partial charge in [0.15, 0.2) is 0 Å². The number of allylic oxidation sites excluding steroid dienone is 2. The molecule has 1 amide bonds. The molecule has 1 aliphatic rings. The highest BCUT2D eigenvalue weighted by Gasteiger charge is 2.20. The smallest absolute Gasteiger partial charge is 0.258 e. The van der Waals surface area contributed by atoms with E-state index < -0.39 is 10.9 Å². The van der Waals surface area contributed by atoms with Crippen LogP contribution < -0.4 is 0 Å². The van der Waals surface area contributed by atoms with Crippen molar-refractivity contribution in [1.29, 1.82) is 0 Å². The lowest BCUT2D eigenvalue weighted by Crippen LogP contribution is -2.11. The molecule has 1 atom stereocenters. The van der Waals surface area contributed by atoms with E-state index in [9.17, 15) is 9.70 Å². The molecule has 0 N–H and O–H groups in total. The summed E-state index contributed by atoms with van der Waals surface area (Å²) >= 11 is 0. The Morgan fingerprint density at radius 3 is 2.12 bits per heavy atom. The molecule has 0 aliphatic heterocycles. The summed E-state index contributed by atoms with van der Waals surface area (Å²) < 4.78 is 7.42. The van der Waals surface area contributed by atoms with Crippen LogP contribution in [0.5, 0.6) is 0 Å². The van der Waals surface area contributed by atoms with E-state index in [1.165, 1.54) is 28.7 Å². The van der Waals surface area contributed by atoms with E-state index in [1.807, 2.05) is 38.4 Å². The number of rotatable bonds is 9. The molecule has 0 radical (unpaired) electrons. The van der Waals surface area contributed by atoms with Gasteiger partial charge in [0.05, 0.1) is 17.3 Å². The normalized spacial score (nSPS) is 14.8. The highest BCUT2D eigenvalue weighted by atomic mass is 32.2. The molecular weight excluding hydrogens is 442 g/mol. The lowest BCUT2D eigenvalue weighted by Gasteiger charge is -2.21. The minimum absolute atomic E-state index is 0.193. The fourth-order valence-corrected chi connectivity index (χ4v) is 5.41. The molecule has 6 heteroatoms. The zero-order valence-electron chi connectivity index (χ0n) is 21.3. The number of benzene rings is 2. The van der Waals surface area contributed by atoms with E-state index >= 15 is 0 Å². The van der Waals surface area contributed by atoms with Crippen LogP contribution in [0.2, 0.25) is 0 Å². The second-order valence-electron chi connectivity index (χ2n) is 9.95. The molecule has 0 aromatic heterocycles. The average Bonchev–Trinajstić information content (AvgIpc) is 3.32. The van der Waals surface area contributed by atoms with Crippen molar-refractivity contribution >= 4 is 22.4 Å². The van der Waals surface area contributed by atoms with Crippen LogP contribution in [-0.4, -0.2) is 24.9 Å². The van der Waals surface area contributed by atoms with Gasteiger partial charge in [0.25, 0.3) is 5.91 Å². The van der Waals surface area contributed by atoms with E-state index in [1.54, 1.807) is 0 Å². The highest BCUT2D eigenvalue weighted by molar-refractivity contribution is 7.86. The molecule has 34 heavy (non-hydrogen) atoms. The van der Waals surface area contributed by atoms with Crippen molar-refractivity contribution < 1.29 is 4.79 Å². The Hall–Kier alpha value is -2.44. The molecule has 1 aliphatic carbocycles. The Kier molecular flexibility index (Phi) is 9.09. The Balaban J connectivity index is 1.93. The van der Waals surface area contributed by atoms with Gasteiger partial charge in [-0.2, -0.15) is 4.36 Å². The minimum Gasteiger partial charge on any atom is -0.305 e. The van der Waals surface area contributed by atoms with Crippen molar-refractivity contribution in [3.05, 3.63) is 75.2 Å². The number of amides is 1. The Morgan fingerprint density at radius 2 is 1.65 bits per heavy atom. The molecule has 0 saturated carbocycles. The molecule has 5 nitrogen and oxygen atoms in total. The fraction of sp³-hybridized carbons (Fsp3) is 0.464. The van der Waals surface area contributed by atoms with Crippen LogP contribution in [0.3, 0.4) is 0 Å². The van der Waals surface area contributed by atoms with Gasteiger partial charge in [0.1, 0.15) is 0 Å². The number of hydrogen-bond acceptors (Lipinski definition) is 3. The molecule has 0 saturated heterocycles. The second-order valence-corrected chi connectivity index (χ2v) is 11.3. The third-order valence-corrected chi connectivity index (χ3v) is 7.41. The van der Waals surface area contributed by atoms with Crippen LogP contribution in [0.1, 0.15) is 86.6 Å². The molecule has 2 aromatic carbocycles. The van der Waals surface area contributed by atoms with Gasteiger partial charge in [-0.1, -0.05) is 58.0 Å². The molecule has 2 aromatic rings. The van der Waals surface area contributed by atoms with Gasteiger partial charge in [-0.15, -0.1) is 4.91 Å². The Morgan fingerprint density at radius 1 is 1.03 bits per heavy atom. The number of nitroso groups, excluding NO2 is 1. The molecule has 3 rings (SSSR count). The van der Waals surface area contributed by atoms with E-state index in [-0.39, 0.29) is 24.2 Å². The van der Waals surface area contributed by atoms with Crippen LogP contribution in [0, 0.1) is 4.91 Å². The van der Waals surface area contributed by atoms with Gasteiger partial charge in [-0.3, -0.25) is 4.79 Å². The summed E-state index contributed by atoms with van der Waals surface area (Å²) in [6.45, 7) is 9.49. The highest BCUT2D eigenvalue weighted by Crippen LogP contribution is 2.35. The van der Waals surface area contributed by atoms with Gasteiger partial charge < -0.3 is 4.90 Å². The lowest BCUT2D eigenvalue weighted by atomic mass is 9.84. The SMILES string of the molecule is CC(C)c1cc(C2=CCCC2)cc(C(C)C)c1CC(=O)N=S(N=O)c1ccc(CN(C)C)cc1. The monoisotopic (exact) mass is 479 g/mol. The van der Waals surface area contributed by atoms with E-state index in [2.05, 4.69) is 59.7 Å². The summed E-state index contributed by atoms with van der Waals surface area (Å²) in [5, 5.41) is 0. The van der Waals surface area contributed by atoms with Crippen LogP contribution in [-0.2, 0) is 28.6 Å². The van der Waals surface area contributed by atoms with Crippen LogP contribution >= 0.6 is 0 Å². The molecule has 0 fully saturated rings. The Labute approximate surface area is 206 Å². The largest absolute Gasteiger partial charge is 0.305 e. The third kappa shape index (κ3) is 6.57. The molecule has 0 bridgehead atoms. The summed E-state index contributed by atoms with van der Waals surface area (Å²) in [4.78, 5) is 27.4. The second kappa shape index (κ2) is 11.8. The minimum atomic E-state index is -1.34. The van der Waals surface area contributed by atoms with Crippen LogP contribution in [0.4, 0.5) is 0 Å². The number of carbonyl (C=O) groups excluding carboxylic acids is 1. The van der Waals surface area contributed by atoms with Crippen molar-refractivity contribution in [2.45, 2.75) is 76.7 Å². The summed E-state index contributed by atoms with van der Waals surface area (Å²) in [6, 6.07) is 12.1. The number of carbonyl (C=O) groups is 1. The van der Waals surface area contributed by atoms with Gasteiger partial charge in [0.2, 0.25) is 0 Å². The van der Waals surface area contributed by atoms with Crippen LogP contribution in [0.25, 0.3) is 5.57 Å². The zero-order valence-corrected chi connectivity index (χ0v) is 22.1. The quantitative estimate of drug-likeness (QED) is 0.358. The lowest BCUT2D eigenvalue weighted by molar-refractivity contribution is -0.117. The first kappa shape index (κ1) is 26.2. The zero-order chi connectivity index (χ0) is 24.8. The van der Waals surface area contributed by atoms with E-state index in [0.29, 0.717) is 4.90 Å². The maximum Gasteiger partial charge on any atom is 0.258 e. The van der Waals surface area contributed by atoms with Crippen LogP contribution in [0.15, 0.2) is 56.3 Å². The van der Waals surface area contributed by atoms with Gasteiger partial charge in [-0.25, -0.2) is 0 Å². The predicted octanol–water partition coefficient (Wildman–Crippen LogP) is 7.17. The topological polar surface area (TPSA) is 62.1 Å². The predicted molar refractivity (Wildman–Crippen MR) is 143 cm³/mol.